The van der Waals surface area contributed by atoms with Crippen molar-refractivity contribution in [3.63, 3.8) is 0 Å². The molecule has 0 aliphatic carbocycles. The van der Waals surface area contributed by atoms with E-state index in [-0.39, 0.29) is 35.9 Å². The molecule has 1 atom stereocenters. The van der Waals surface area contributed by atoms with Crippen molar-refractivity contribution in [1.29, 1.82) is 0 Å². The van der Waals surface area contributed by atoms with Crippen LogP contribution in [-0.2, 0) is 11.3 Å². The largest absolute Gasteiger partial charge is 0.345 e. The number of alkyl halides is 3. The summed E-state index contributed by atoms with van der Waals surface area (Å²) in [5.74, 6) is -0.576. The van der Waals surface area contributed by atoms with Crippen LogP contribution in [0.5, 0.6) is 0 Å². The fourth-order valence-corrected chi connectivity index (χ4v) is 2.56. The second-order valence-corrected chi connectivity index (χ2v) is 5.85. The number of ether oxygens (including phenoxy) is 1. The molecule has 2 aromatic rings. The van der Waals surface area contributed by atoms with Crippen LogP contribution >= 0.6 is 15.9 Å². The molecule has 0 saturated heterocycles. The molecule has 1 aromatic heterocycles. The first-order valence-corrected chi connectivity index (χ1v) is 7.70. The zero-order chi connectivity index (χ0) is 17.0. The Morgan fingerprint density at radius 1 is 1.26 bits per heavy atom. The van der Waals surface area contributed by atoms with Crippen LogP contribution in [0.3, 0.4) is 0 Å². The standard InChI is InChI=1S/C15H14BrF4NO2/c16-12-6-9-3-4-21(14(22)11(9)7-13(12)18)8-10(17)2-1-5-23-15(19)20/h3-4,6-7,10,15H,1-2,5,8H2. The molecule has 0 aliphatic rings. The van der Waals surface area contributed by atoms with E-state index in [9.17, 15) is 22.4 Å². The summed E-state index contributed by atoms with van der Waals surface area (Å²) in [4.78, 5) is 12.2. The molecule has 0 fully saturated rings. The molecule has 8 heteroatoms. The van der Waals surface area contributed by atoms with Gasteiger partial charge in [0.05, 0.1) is 23.0 Å². The highest BCUT2D eigenvalue weighted by Gasteiger charge is 2.12. The van der Waals surface area contributed by atoms with Gasteiger partial charge in [-0.2, -0.15) is 8.78 Å². The van der Waals surface area contributed by atoms with Crippen molar-refractivity contribution in [2.45, 2.75) is 32.2 Å². The van der Waals surface area contributed by atoms with Crippen LogP contribution in [0.25, 0.3) is 10.8 Å². The van der Waals surface area contributed by atoms with E-state index in [1.165, 1.54) is 12.3 Å². The average Bonchev–Trinajstić information content (AvgIpc) is 2.49. The SMILES string of the molecule is O=c1c2cc(F)c(Br)cc2ccn1CC(F)CCCOC(F)F. The summed E-state index contributed by atoms with van der Waals surface area (Å²) in [7, 11) is 0. The third kappa shape index (κ3) is 4.78. The van der Waals surface area contributed by atoms with Crippen LogP contribution in [0, 0.1) is 5.82 Å². The van der Waals surface area contributed by atoms with Gasteiger partial charge < -0.3 is 9.30 Å². The lowest BCUT2D eigenvalue weighted by Crippen LogP contribution is -2.24. The maximum absolute atomic E-state index is 13.9. The van der Waals surface area contributed by atoms with Gasteiger partial charge in [0.25, 0.3) is 5.56 Å². The molecule has 0 bridgehead atoms. The van der Waals surface area contributed by atoms with Gasteiger partial charge in [0.1, 0.15) is 12.0 Å². The van der Waals surface area contributed by atoms with Crippen LogP contribution < -0.4 is 5.56 Å². The molecule has 0 aliphatic heterocycles. The number of pyridine rings is 1. The summed E-state index contributed by atoms with van der Waals surface area (Å²) in [6.45, 7) is -3.34. The summed E-state index contributed by atoms with van der Waals surface area (Å²) in [6, 6.07) is 4.17. The molecule has 0 N–H and O–H groups in total. The molecule has 1 unspecified atom stereocenters. The van der Waals surface area contributed by atoms with Crippen LogP contribution in [0.2, 0.25) is 0 Å². The predicted molar refractivity (Wildman–Crippen MR) is 82.0 cm³/mol. The van der Waals surface area contributed by atoms with Gasteiger partial charge in [0, 0.05) is 6.20 Å². The molecule has 0 radical (unpaired) electrons. The zero-order valence-corrected chi connectivity index (χ0v) is 13.5. The highest BCUT2D eigenvalue weighted by atomic mass is 79.9. The van der Waals surface area contributed by atoms with Crippen LogP contribution in [-0.4, -0.2) is 24.0 Å². The Morgan fingerprint density at radius 2 is 2.00 bits per heavy atom. The predicted octanol–water partition coefficient (Wildman–Crippen LogP) is 4.26. The Morgan fingerprint density at radius 3 is 2.70 bits per heavy atom. The molecular formula is C15H14BrF4NO2. The minimum Gasteiger partial charge on any atom is -0.323 e. The van der Waals surface area contributed by atoms with Crippen molar-refractivity contribution >= 4 is 26.7 Å². The lowest BCUT2D eigenvalue weighted by molar-refractivity contribution is -0.130. The lowest BCUT2D eigenvalue weighted by Gasteiger charge is -2.12. The number of halogens is 5. The third-order valence-corrected chi connectivity index (χ3v) is 3.93. The summed E-state index contributed by atoms with van der Waals surface area (Å²) in [5.41, 5.74) is -0.500. The number of fused-ring (bicyclic) bond motifs is 1. The number of hydrogen-bond donors (Lipinski definition) is 0. The fraction of sp³-hybridized carbons (Fsp3) is 0.400. The molecule has 126 valence electrons. The number of hydrogen-bond acceptors (Lipinski definition) is 2. The van der Waals surface area contributed by atoms with E-state index < -0.39 is 24.2 Å². The van der Waals surface area contributed by atoms with Crippen molar-refractivity contribution in [1.82, 2.24) is 4.57 Å². The normalized spacial score (nSPS) is 13.0. The van der Waals surface area contributed by atoms with Gasteiger partial charge in [0.15, 0.2) is 0 Å². The van der Waals surface area contributed by atoms with Crippen molar-refractivity contribution in [2.75, 3.05) is 6.61 Å². The zero-order valence-electron chi connectivity index (χ0n) is 11.9. The second-order valence-electron chi connectivity index (χ2n) is 5.00. The summed E-state index contributed by atoms with van der Waals surface area (Å²) in [5, 5.41) is 0.696. The summed E-state index contributed by atoms with van der Waals surface area (Å²) < 4.78 is 56.4. The van der Waals surface area contributed by atoms with E-state index in [1.54, 1.807) is 6.07 Å². The minimum atomic E-state index is -2.87. The molecule has 2 rings (SSSR count). The Hall–Kier alpha value is -1.41. The van der Waals surface area contributed by atoms with Gasteiger partial charge in [-0.05, 0) is 52.4 Å². The first kappa shape index (κ1) is 17.9. The quantitative estimate of drug-likeness (QED) is 0.518. The van der Waals surface area contributed by atoms with E-state index in [4.69, 9.17) is 0 Å². The van der Waals surface area contributed by atoms with Gasteiger partial charge in [-0.3, -0.25) is 4.79 Å². The monoisotopic (exact) mass is 395 g/mol. The highest BCUT2D eigenvalue weighted by Crippen LogP contribution is 2.21. The number of aromatic nitrogens is 1. The van der Waals surface area contributed by atoms with E-state index >= 15 is 0 Å². The van der Waals surface area contributed by atoms with E-state index in [1.807, 2.05) is 0 Å². The number of nitrogens with zero attached hydrogens (tertiary/aromatic N) is 1. The van der Waals surface area contributed by atoms with E-state index in [2.05, 4.69) is 20.7 Å². The Bertz CT molecular complexity index is 735. The van der Waals surface area contributed by atoms with E-state index in [0.29, 0.717) is 5.39 Å². The Labute approximate surface area is 138 Å². The second kappa shape index (κ2) is 7.92. The minimum absolute atomic E-state index is 0.00804. The van der Waals surface area contributed by atoms with Crippen molar-refractivity contribution < 1.29 is 22.3 Å². The lowest BCUT2D eigenvalue weighted by atomic mass is 10.1. The molecule has 23 heavy (non-hydrogen) atoms. The first-order valence-electron chi connectivity index (χ1n) is 6.90. The van der Waals surface area contributed by atoms with Crippen LogP contribution in [0.4, 0.5) is 17.6 Å². The van der Waals surface area contributed by atoms with Gasteiger partial charge >= 0.3 is 6.61 Å². The average molecular weight is 396 g/mol. The van der Waals surface area contributed by atoms with Crippen LogP contribution in [0.1, 0.15) is 12.8 Å². The molecule has 0 amide bonds. The molecule has 1 heterocycles. The maximum Gasteiger partial charge on any atom is 0.345 e. The summed E-state index contributed by atoms with van der Waals surface area (Å²) >= 11 is 3.04. The molecule has 1 aromatic carbocycles. The summed E-state index contributed by atoms with van der Waals surface area (Å²) in [6.07, 6.45) is 0.158. The van der Waals surface area contributed by atoms with Crippen molar-refractivity contribution in [3.05, 3.63) is 45.0 Å². The topological polar surface area (TPSA) is 31.2 Å². The van der Waals surface area contributed by atoms with Gasteiger partial charge in [-0.25, -0.2) is 8.78 Å². The number of benzene rings is 1. The van der Waals surface area contributed by atoms with Crippen LogP contribution in [0.15, 0.2) is 33.7 Å². The Balaban J connectivity index is 2.07. The Kier molecular flexibility index (Phi) is 6.17. The van der Waals surface area contributed by atoms with Gasteiger partial charge in [-0.1, -0.05) is 0 Å². The van der Waals surface area contributed by atoms with Gasteiger partial charge in [-0.15, -0.1) is 0 Å². The van der Waals surface area contributed by atoms with Gasteiger partial charge in [0.2, 0.25) is 0 Å². The molecular weight excluding hydrogens is 382 g/mol. The molecule has 0 saturated carbocycles. The van der Waals surface area contributed by atoms with Crippen molar-refractivity contribution in [2.24, 2.45) is 0 Å². The third-order valence-electron chi connectivity index (χ3n) is 3.32. The number of rotatable bonds is 7. The molecule has 0 spiro atoms. The van der Waals surface area contributed by atoms with E-state index in [0.717, 1.165) is 10.6 Å². The van der Waals surface area contributed by atoms with Crippen molar-refractivity contribution in [3.8, 4) is 0 Å². The fourth-order valence-electron chi connectivity index (χ4n) is 2.20. The highest BCUT2D eigenvalue weighted by molar-refractivity contribution is 9.10. The smallest absolute Gasteiger partial charge is 0.323 e. The maximum atomic E-state index is 13.9. The first-order chi connectivity index (χ1) is 10.9. The molecule has 3 nitrogen and oxygen atoms in total.